The van der Waals surface area contributed by atoms with Crippen molar-refractivity contribution in [1.82, 2.24) is 9.55 Å². The minimum Gasteiger partial charge on any atom is -0.383 e. The van der Waals surface area contributed by atoms with E-state index in [-0.39, 0.29) is 11.5 Å². The minimum atomic E-state index is -0.241. The van der Waals surface area contributed by atoms with E-state index >= 15 is 0 Å². The Morgan fingerprint density at radius 1 is 1.10 bits per heavy atom. The number of nitrogens with zero attached hydrogens (tertiary/aromatic N) is 3. The van der Waals surface area contributed by atoms with E-state index < -0.39 is 0 Å². The third kappa shape index (κ3) is 3.90. The molecule has 152 valence electrons. The van der Waals surface area contributed by atoms with E-state index in [1.807, 2.05) is 55.5 Å². The summed E-state index contributed by atoms with van der Waals surface area (Å²) in [4.78, 5) is 32.1. The first-order valence-electron chi connectivity index (χ1n) is 9.53. The topological polar surface area (TPSA) is 64.4 Å². The molecule has 4 rings (SSSR count). The quantitative estimate of drug-likeness (QED) is 0.465. The van der Waals surface area contributed by atoms with Gasteiger partial charge in [-0.2, -0.15) is 0 Å². The van der Waals surface area contributed by atoms with Crippen LogP contribution in [-0.4, -0.2) is 29.2 Å². The zero-order chi connectivity index (χ0) is 21.1. The SMILES string of the molecule is COCCn1cc(C(=O)N(c2nc3ccccc3s2)c2ccccc2C)ccc1=O. The Hall–Kier alpha value is -3.29. The molecule has 0 bridgehead atoms. The van der Waals surface area contributed by atoms with Gasteiger partial charge in [0, 0.05) is 25.9 Å². The van der Waals surface area contributed by atoms with E-state index in [0.29, 0.717) is 23.8 Å². The smallest absolute Gasteiger partial charge is 0.266 e. The van der Waals surface area contributed by atoms with E-state index in [4.69, 9.17) is 9.72 Å². The lowest BCUT2D eigenvalue weighted by Gasteiger charge is -2.22. The van der Waals surface area contributed by atoms with Gasteiger partial charge < -0.3 is 9.30 Å². The summed E-state index contributed by atoms with van der Waals surface area (Å²) in [5, 5.41) is 0.588. The molecule has 2 heterocycles. The van der Waals surface area contributed by atoms with Gasteiger partial charge in [-0.1, -0.05) is 41.7 Å². The second kappa shape index (κ2) is 8.61. The van der Waals surface area contributed by atoms with E-state index in [2.05, 4.69) is 0 Å². The number of amides is 1. The van der Waals surface area contributed by atoms with Gasteiger partial charge in [-0.05, 0) is 36.8 Å². The van der Waals surface area contributed by atoms with Gasteiger partial charge in [-0.3, -0.25) is 14.5 Å². The van der Waals surface area contributed by atoms with Crippen LogP contribution in [-0.2, 0) is 11.3 Å². The second-order valence-corrected chi connectivity index (χ2v) is 7.84. The van der Waals surface area contributed by atoms with Crippen LogP contribution in [0.1, 0.15) is 15.9 Å². The summed E-state index contributed by atoms with van der Waals surface area (Å²) < 4.78 is 7.57. The molecule has 0 N–H and O–H groups in total. The number of benzene rings is 2. The number of hydrogen-bond donors (Lipinski definition) is 0. The van der Waals surface area contributed by atoms with Crippen LogP contribution < -0.4 is 10.5 Å². The molecule has 0 radical (unpaired) electrons. The molecule has 7 heteroatoms. The van der Waals surface area contributed by atoms with Crippen molar-refractivity contribution in [3.8, 4) is 0 Å². The van der Waals surface area contributed by atoms with Crippen LogP contribution in [0.15, 0.2) is 71.7 Å². The molecule has 2 aromatic carbocycles. The first-order chi connectivity index (χ1) is 14.6. The number of anilines is 2. The predicted molar refractivity (Wildman–Crippen MR) is 120 cm³/mol. The fraction of sp³-hybridized carbons (Fsp3) is 0.174. The summed E-state index contributed by atoms with van der Waals surface area (Å²) in [6.07, 6.45) is 1.59. The highest BCUT2D eigenvalue weighted by Crippen LogP contribution is 2.35. The van der Waals surface area contributed by atoms with Gasteiger partial charge in [-0.25, -0.2) is 4.98 Å². The number of rotatable bonds is 6. The van der Waals surface area contributed by atoms with Gasteiger partial charge in [0.05, 0.1) is 28.1 Å². The number of aromatic nitrogens is 2. The van der Waals surface area contributed by atoms with Crippen molar-refractivity contribution < 1.29 is 9.53 Å². The molecule has 6 nitrogen and oxygen atoms in total. The van der Waals surface area contributed by atoms with Gasteiger partial charge in [0.25, 0.3) is 11.5 Å². The number of methoxy groups -OCH3 is 1. The molecule has 0 aliphatic carbocycles. The van der Waals surface area contributed by atoms with Crippen molar-refractivity contribution in [3.05, 3.63) is 88.3 Å². The van der Waals surface area contributed by atoms with Gasteiger partial charge >= 0.3 is 0 Å². The first-order valence-corrected chi connectivity index (χ1v) is 10.4. The molecule has 0 saturated carbocycles. The Labute approximate surface area is 178 Å². The molecular weight excluding hydrogens is 398 g/mol. The third-order valence-electron chi connectivity index (χ3n) is 4.80. The summed E-state index contributed by atoms with van der Waals surface area (Å²) in [6, 6.07) is 18.5. The van der Waals surface area contributed by atoms with Crippen LogP contribution in [0.5, 0.6) is 0 Å². The van der Waals surface area contributed by atoms with Gasteiger partial charge in [-0.15, -0.1) is 0 Å². The molecule has 0 saturated heterocycles. The monoisotopic (exact) mass is 419 g/mol. The van der Waals surface area contributed by atoms with Gasteiger partial charge in [0.15, 0.2) is 5.13 Å². The molecule has 0 fully saturated rings. The molecule has 2 aromatic heterocycles. The fourth-order valence-corrected chi connectivity index (χ4v) is 4.20. The second-order valence-electron chi connectivity index (χ2n) is 6.83. The minimum absolute atomic E-state index is 0.175. The molecule has 0 unspecified atom stereocenters. The lowest BCUT2D eigenvalue weighted by molar-refractivity contribution is 0.0998. The van der Waals surface area contributed by atoms with Crippen LogP contribution >= 0.6 is 11.3 Å². The molecule has 0 aliphatic rings. The third-order valence-corrected chi connectivity index (χ3v) is 5.82. The zero-order valence-corrected chi connectivity index (χ0v) is 17.6. The molecule has 1 amide bonds. The Morgan fingerprint density at radius 2 is 1.87 bits per heavy atom. The van der Waals surface area contributed by atoms with Crippen molar-refractivity contribution >= 4 is 38.3 Å². The number of fused-ring (bicyclic) bond motifs is 1. The Morgan fingerprint density at radius 3 is 2.63 bits per heavy atom. The molecule has 0 spiro atoms. The molecule has 0 aliphatic heterocycles. The maximum atomic E-state index is 13.7. The number of pyridine rings is 1. The summed E-state index contributed by atoms with van der Waals surface area (Å²) >= 11 is 1.46. The molecule has 0 atom stereocenters. The fourth-order valence-electron chi connectivity index (χ4n) is 3.22. The molecule has 30 heavy (non-hydrogen) atoms. The number of para-hydroxylation sites is 2. The van der Waals surface area contributed by atoms with Crippen molar-refractivity contribution in [3.63, 3.8) is 0 Å². The average molecular weight is 420 g/mol. The molecular formula is C23H21N3O3S. The summed E-state index contributed by atoms with van der Waals surface area (Å²) in [7, 11) is 1.58. The van der Waals surface area contributed by atoms with Crippen molar-refractivity contribution in [2.24, 2.45) is 0 Å². The summed E-state index contributed by atoms with van der Waals surface area (Å²) in [5.41, 5.74) is 2.79. The number of ether oxygens (including phenoxy) is 1. The van der Waals surface area contributed by atoms with Crippen molar-refractivity contribution in [2.75, 3.05) is 18.6 Å². The van der Waals surface area contributed by atoms with Crippen molar-refractivity contribution in [1.29, 1.82) is 0 Å². The lowest BCUT2D eigenvalue weighted by Crippen LogP contribution is -2.29. The highest BCUT2D eigenvalue weighted by Gasteiger charge is 2.25. The highest BCUT2D eigenvalue weighted by molar-refractivity contribution is 7.22. The number of hydrogen-bond acceptors (Lipinski definition) is 5. The standard InChI is InChI=1S/C23H21N3O3S/c1-16-7-3-5-9-19(16)26(23-24-18-8-4-6-10-20(18)30-23)22(28)17-11-12-21(27)25(15-17)13-14-29-2/h3-12,15H,13-14H2,1-2H3. The number of carbonyl (C=O) groups excluding carboxylic acids is 1. The predicted octanol–water partition coefficient (Wildman–Crippen LogP) is 4.39. The largest absolute Gasteiger partial charge is 0.383 e. The van der Waals surface area contributed by atoms with E-state index in [1.54, 1.807) is 24.3 Å². The summed E-state index contributed by atoms with van der Waals surface area (Å²) in [5.74, 6) is -0.241. The normalized spacial score (nSPS) is 11.0. The van der Waals surface area contributed by atoms with E-state index in [1.165, 1.54) is 22.0 Å². The average Bonchev–Trinajstić information content (AvgIpc) is 3.18. The number of aryl methyl sites for hydroxylation is 1. The van der Waals surface area contributed by atoms with Crippen LogP contribution in [0.2, 0.25) is 0 Å². The van der Waals surface area contributed by atoms with Crippen LogP contribution in [0, 0.1) is 6.92 Å². The van der Waals surface area contributed by atoms with Crippen LogP contribution in [0.3, 0.4) is 0 Å². The Bertz CT molecular complexity index is 1230. The first kappa shape index (κ1) is 20.0. The van der Waals surface area contributed by atoms with E-state index in [9.17, 15) is 9.59 Å². The Kier molecular flexibility index (Phi) is 5.74. The highest BCUT2D eigenvalue weighted by atomic mass is 32.1. The lowest BCUT2D eigenvalue weighted by atomic mass is 10.1. The van der Waals surface area contributed by atoms with Gasteiger partial charge in [0.1, 0.15) is 0 Å². The van der Waals surface area contributed by atoms with Crippen LogP contribution in [0.4, 0.5) is 10.8 Å². The van der Waals surface area contributed by atoms with Gasteiger partial charge in [0.2, 0.25) is 0 Å². The number of carbonyl (C=O) groups is 1. The maximum absolute atomic E-state index is 13.7. The van der Waals surface area contributed by atoms with Crippen molar-refractivity contribution in [2.45, 2.75) is 13.5 Å². The van der Waals surface area contributed by atoms with E-state index in [0.717, 1.165) is 21.5 Å². The van der Waals surface area contributed by atoms with Crippen LogP contribution in [0.25, 0.3) is 10.2 Å². The summed E-state index contributed by atoms with van der Waals surface area (Å²) in [6.45, 7) is 2.72. The number of thiazole rings is 1. The molecule has 4 aromatic rings. The maximum Gasteiger partial charge on any atom is 0.266 e. The Balaban J connectivity index is 1.83. The zero-order valence-electron chi connectivity index (χ0n) is 16.7.